The lowest BCUT2D eigenvalue weighted by atomic mass is 10.0. The molecule has 0 radical (unpaired) electrons. The number of aromatic nitrogens is 2. The molecule has 0 saturated carbocycles. The second kappa shape index (κ2) is 8.61. The third-order valence-electron chi connectivity index (χ3n) is 6.66. The molecule has 0 N–H and O–H groups in total. The Morgan fingerprint density at radius 3 is 2.57 bits per heavy atom. The van der Waals surface area contributed by atoms with Gasteiger partial charge in [0.2, 0.25) is 0 Å². The van der Waals surface area contributed by atoms with Gasteiger partial charge in [-0.1, -0.05) is 30.3 Å². The van der Waals surface area contributed by atoms with Crippen LogP contribution in [-0.2, 0) is 11.3 Å². The van der Waals surface area contributed by atoms with Gasteiger partial charge < -0.3 is 9.64 Å². The maximum atomic E-state index is 5.36. The molecule has 158 valence electrons. The molecule has 0 bridgehead atoms. The highest BCUT2D eigenvalue weighted by molar-refractivity contribution is 7.17. The summed E-state index contributed by atoms with van der Waals surface area (Å²) in [7, 11) is 1.71. The van der Waals surface area contributed by atoms with Crippen molar-refractivity contribution in [2.75, 3.05) is 31.6 Å². The molecule has 30 heavy (non-hydrogen) atoms. The third kappa shape index (κ3) is 3.72. The maximum Gasteiger partial charge on any atom is 0.158 e. The molecule has 2 aliphatic heterocycles. The molecule has 5 nitrogen and oxygen atoms in total. The van der Waals surface area contributed by atoms with Gasteiger partial charge in [-0.05, 0) is 44.7 Å². The van der Waals surface area contributed by atoms with E-state index in [-0.39, 0.29) is 0 Å². The van der Waals surface area contributed by atoms with Gasteiger partial charge in [0.25, 0.3) is 0 Å². The van der Waals surface area contributed by atoms with E-state index in [4.69, 9.17) is 14.7 Å². The molecule has 6 heteroatoms. The van der Waals surface area contributed by atoms with Crippen LogP contribution in [0.25, 0.3) is 21.3 Å². The fraction of sp³-hybridized carbons (Fsp3) is 0.500. The number of hydrogen-bond acceptors (Lipinski definition) is 6. The van der Waals surface area contributed by atoms with Gasteiger partial charge in [-0.2, -0.15) is 0 Å². The van der Waals surface area contributed by atoms with Crippen molar-refractivity contribution in [2.24, 2.45) is 0 Å². The quantitative estimate of drug-likeness (QED) is 0.581. The van der Waals surface area contributed by atoms with Gasteiger partial charge >= 0.3 is 0 Å². The molecular formula is C24H30N4OS. The number of thiophene rings is 1. The second-order valence-electron chi connectivity index (χ2n) is 8.54. The van der Waals surface area contributed by atoms with Crippen LogP contribution in [0, 0.1) is 0 Å². The van der Waals surface area contributed by atoms with Crippen LogP contribution in [0.4, 0.5) is 5.82 Å². The van der Waals surface area contributed by atoms with Crippen molar-refractivity contribution in [1.29, 1.82) is 0 Å². The Morgan fingerprint density at radius 2 is 1.87 bits per heavy atom. The Morgan fingerprint density at radius 1 is 1.07 bits per heavy atom. The van der Waals surface area contributed by atoms with Gasteiger partial charge in [-0.25, -0.2) is 9.97 Å². The highest BCUT2D eigenvalue weighted by Crippen LogP contribution is 2.39. The van der Waals surface area contributed by atoms with E-state index in [9.17, 15) is 0 Å². The number of likely N-dealkylation sites (tertiary alicyclic amines) is 1. The van der Waals surface area contributed by atoms with E-state index in [1.807, 2.05) is 0 Å². The first kappa shape index (κ1) is 19.9. The molecule has 0 amide bonds. The Labute approximate surface area is 182 Å². The minimum absolute atomic E-state index is 0.448. The fourth-order valence-corrected chi connectivity index (χ4v) is 6.09. The molecule has 3 aromatic rings. The number of anilines is 1. The lowest BCUT2D eigenvalue weighted by Gasteiger charge is -2.39. The highest BCUT2D eigenvalue weighted by Gasteiger charge is 2.31. The molecule has 2 fully saturated rings. The zero-order valence-corrected chi connectivity index (χ0v) is 18.7. The molecule has 0 spiro atoms. The van der Waals surface area contributed by atoms with Crippen molar-refractivity contribution in [1.82, 2.24) is 14.9 Å². The first-order valence-electron chi connectivity index (χ1n) is 11.1. The number of fused-ring (bicyclic) bond motifs is 1. The SMILES string of the molecule is COCc1nc(N2CCC(N3CCCC3C)CC2)c2c(-c3ccccc3)csc2n1. The van der Waals surface area contributed by atoms with E-state index in [0.29, 0.717) is 12.6 Å². The van der Waals surface area contributed by atoms with Gasteiger partial charge in [0, 0.05) is 43.2 Å². The van der Waals surface area contributed by atoms with Crippen molar-refractivity contribution in [3.63, 3.8) is 0 Å². The number of rotatable bonds is 5. The predicted octanol–water partition coefficient (Wildman–Crippen LogP) is 4.96. The number of methoxy groups -OCH3 is 1. The van der Waals surface area contributed by atoms with Crippen molar-refractivity contribution >= 4 is 27.4 Å². The van der Waals surface area contributed by atoms with Gasteiger partial charge in [0.15, 0.2) is 5.82 Å². The van der Waals surface area contributed by atoms with Crippen LogP contribution in [0.2, 0.25) is 0 Å². The number of nitrogens with zero attached hydrogens (tertiary/aromatic N) is 4. The van der Waals surface area contributed by atoms with Crippen molar-refractivity contribution in [3.05, 3.63) is 41.5 Å². The van der Waals surface area contributed by atoms with Crippen molar-refractivity contribution in [2.45, 2.75) is 51.3 Å². The van der Waals surface area contributed by atoms with Crippen LogP contribution in [0.15, 0.2) is 35.7 Å². The van der Waals surface area contributed by atoms with E-state index in [0.717, 1.165) is 35.6 Å². The molecule has 2 aromatic heterocycles. The van der Waals surface area contributed by atoms with E-state index < -0.39 is 0 Å². The highest BCUT2D eigenvalue weighted by atomic mass is 32.1. The summed E-state index contributed by atoms with van der Waals surface area (Å²) < 4.78 is 5.36. The first-order valence-corrected chi connectivity index (χ1v) is 12.0. The van der Waals surface area contributed by atoms with Crippen LogP contribution >= 0.6 is 11.3 Å². The van der Waals surface area contributed by atoms with E-state index >= 15 is 0 Å². The summed E-state index contributed by atoms with van der Waals surface area (Å²) in [5.74, 6) is 1.86. The van der Waals surface area contributed by atoms with Crippen LogP contribution in [0.1, 0.15) is 38.4 Å². The van der Waals surface area contributed by atoms with E-state index in [1.54, 1.807) is 18.4 Å². The summed E-state index contributed by atoms with van der Waals surface area (Å²) in [5, 5.41) is 3.42. The monoisotopic (exact) mass is 422 g/mol. The molecule has 5 rings (SSSR count). The molecule has 1 unspecified atom stereocenters. The van der Waals surface area contributed by atoms with Gasteiger partial charge in [-0.3, -0.25) is 4.90 Å². The minimum atomic E-state index is 0.448. The van der Waals surface area contributed by atoms with Crippen LogP contribution in [-0.4, -0.2) is 53.7 Å². The average Bonchev–Trinajstić information content (AvgIpc) is 3.40. The fourth-order valence-electron chi connectivity index (χ4n) is 5.13. The average molecular weight is 423 g/mol. The summed E-state index contributed by atoms with van der Waals surface area (Å²) in [5.41, 5.74) is 2.47. The van der Waals surface area contributed by atoms with Gasteiger partial charge in [0.1, 0.15) is 17.3 Å². The smallest absolute Gasteiger partial charge is 0.158 e. The van der Waals surface area contributed by atoms with E-state index in [1.165, 1.54) is 48.7 Å². The normalized spacial score (nSPS) is 21.0. The third-order valence-corrected chi connectivity index (χ3v) is 7.53. The number of benzene rings is 1. The lowest BCUT2D eigenvalue weighted by Crippen LogP contribution is -2.46. The van der Waals surface area contributed by atoms with Gasteiger partial charge in [-0.15, -0.1) is 11.3 Å². The largest absolute Gasteiger partial charge is 0.377 e. The first-order chi connectivity index (χ1) is 14.7. The lowest BCUT2D eigenvalue weighted by molar-refractivity contribution is 0.163. The molecule has 1 aromatic carbocycles. The molecule has 4 heterocycles. The van der Waals surface area contributed by atoms with Crippen LogP contribution in [0.3, 0.4) is 0 Å². The molecule has 2 aliphatic rings. The molecule has 2 saturated heterocycles. The Balaban J connectivity index is 1.49. The zero-order valence-electron chi connectivity index (χ0n) is 17.9. The Hall–Kier alpha value is -2.02. The number of hydrogen-bond donors (Lipinski definition) is 0. The molecule has 1 atom stereocenters. The molecular weight excluding hydrogens is 392 g/mol. The summed E-state index contributed by atoms with van der Waals surface area (Å²) in [6.45, 7) is 6.21. The Bertz CT molecular complexity index is 997. The minimum Gasteiger partial charge on any atom is -0.377 e. The summed E-state index contributed by atoms with van der Waals surface area (Å²) in [6.07, 6.45) is 5.12. The molecule has 0 aliphatic carbocycles. The second-order valence-corrected chi connectivity index (χ2v) is 9.40. The topological polar surface area (TPSA) is 41.5 Å². The van der Waals surface area contributed by atoms with Crippen molar-refractivity contribution in [3.8, 4) is 11.1 Å². The standard InChI is InChI=1S/C24H30N4OS/c1-17-7-6-12-28(17)19-10-13-27(14-11-19)23-22-20(18-8-4-3-5-9-18)16-30-24(22)26-21(25-23)15-29-2/h3-5,8-9,16-17,19H,6-7,10-15H2,1-2H3. The van der Waals surface area contributed by atoms with Crippen LogP contribution < -0.4 is 4.90 Å². The maximum absolute atomic E-state index is 5.36. The summed E-state index contributed by atoms with van der Waals surface area (Å²) >= 11 is 1.71. The number of ether oxygens (including phenoxy) is 1. The predicted molar refractivity (Wildman–Crippen MR) is 124 cm³/mol. The van der Waals surface area contributed by atoms with Gasteiger partial charge in [0.05, 0.1) is 5.39 Å². The summed E-state index contributed by atoms with van der Waals surface area (Å²) in [4.78, 5) is 16.1. The number of piperidine rings is 1. The van der Waals surface area contributed by atoms with E-state index in [2.05, 4.69) is 52.4 Å². The zero-order chi connectivity index (χ0) is 20.5. The summed E-state index contributed by atoms with van der Waals surface area (Å²) in [6, 6.07) is 12.1. The van der Waals surface area contributed by atoms with Crippen LogP contribution in [0.5, 0.6) is 0 Å². The Kier molecular flexibility index (Phi) is 5.72. The van der Waals surface area contributed by atoms with Crippen molar-refractivity contribution < 1.29 is 4.74 Å².